The van der Waals surface area contributed by atoms with Gasteiger partial charge in [-0.2, -0.15) is 5.10 Å². The van der Waals surface area contributed by atoms with Crippen LogP contribution in [0.4, 0.5) is 0 Å². The summed E-state index contributed by atoms with van der Waals surface area (Å²) in [6.45, 7) is 3.83. The highest BCUT2D eigenvalue weighted by molar-refractivity contribution is 6.31. The van der Waals surface area contributed by atoms with Gasteiger partial charge in [0, 0.05) is 20.6 Å². The minimum absolute atomic E-state index is 0.382. The zero-order chi connectivity index (χ0) is 11.6. The first-order valence-electron chi connectivity index (χ1n) is 4.78. The Morgan fingerprint density at radius 2 is 2.27 bits per heavy atom. The molecule has 1 rings (SSSR count). The Kier molecular flexibility index (Phi) is 3.76. The number of aliphatic hydroxyl groups is 1. The summed E-state index contributed by atoms with van der Waals surface area (Å²) in [6.07, 6.45) is 1.34. The Bertz CT molecular complexity index is 317. The second-order valence-electron chi connectivity index (χ2n) is 4.19. The Morgan fingerprint density at radius 1 is 1.67 bits per heavy atom. The number of methoxy groups -OCH3 is 1. The number of aryl methyl sites for hydroxylation is 1. The average molecular weight is 233 g/mol. The fourth-order valence-electron chi connectivity index (χ4n) is 1.44. The molecule has 1 aromatic rings. The molecule has 15 heavy (non-hydrogen) atoms. The summed E-state index contributed by atoms with van der Waals surface area (Å²) >= 11 is 5.93. The van der Waals surface area contributed by atoms with E-state index in [2.05, 4.69) is 5.10 Å². The fraction of sp³-hybridized carbons (Fsp3) is 0.700. The largest absolute Gasteiger partial charge is 0.387 e. The number of rotatable bonds is 4. The van der Waals surface area contributed by atoms with Gasteiger partial charge in [-0.3, -0.25) is 4.68 Å². The quantitative estimate of drug-likeness (QED) is 0.863. The van der Waals surface area contributed by atoms with Crippen molar-refractivity contribution >= 4 is 11.6 Å². The number of ether oxygens (including phenoxy) is 1. The molecule has 0 fully saturated rings. The Hall–Kier alpha value is -0.580. The smallest absolute Gasteiger partial charge is 0.0998 e. The maximum Gasteiger partial charge on any atom is 0.0998 e. The van der Waals surface area contributed by atoms with E-state index in [0.717, 1.165) is 0 Å². The van der Waals surface area contributed by atoms with E-state index in [-0.39, 0.29) is 5.60 Å². The van der Waals surface area contributed by atoms with Crippen LogP contribution in [0.15, 0.2) is 6.20 Å². The zero-order valence-electron chi connectivity index (χ0n) is 9.49. The molecule has 1 aromatic heterocycles. The predicted molar refractivity (Wildman–Crippen MR) is 58.9 cm³/mol. The van der Waals surface area contributed by atoms with Crippen molar-refractivity contribution in [2.75, 3.05) is 7.11 Å². The maximum atomic E-state index is 10.0. The van der Waals surface area contributed by atoms with E-state index >= 15 is 0 Å². The standard InChI is InChI=1S/C10H17ClN2O2/c1-10(2,15-4)5-8(14)9-7(11)6-12-13(9)3/h6,8,14H,5H2,1-4H3. The molecule has 0 aromatic carbocycles. The van der Waals surface area contributed by atoms with Crippen molar-refractivity contribution in [2.45, 2.75) is 32.0 Å². The van der Waals surface area contributed by atoms with Gasteiger partial charge in [-0.05, 0) is 13.8 Å². The van der Waals surface area contributed by atoms with E-state index < -0.39 is 6.10 Å². The summed E-state index contributed by atoms with van der Waals surface area (Å²) in [5.74, 6) is 0. The highest BCUT2D eigenvalue weighted by Gasteiger charge is 2.25. The first-order valence-corrected chi connectivity index (χ1v) is 5.16. The highest BCUT2D eigenvalue weighted by atomic mass is 35.5. The minimum atomic E-state index is -0.667. The number of aromatic nitrogens is 2. The van der Waals surface area contributed by atoms with E-state index in [1.165, 1.54) is 6.20 Å². The molecule has 86 valence electrons. The lowest BCUT2D eigenvalue weighted by molar-refractivity contribution is -0.0217. The lowest BCUT2D eigenvalue weighted by atomic mass is 9.99. The molecule has 0 saturated carbocycles. The number of halogens is 1. The summed E-state index contributed by atoms with van der Waals surface area (Å²) in [4.78, 5) is 0. The first-order chi connectivity index (χ1) is 6.87. The van der Waals surface area contributed by atoms with Crippen LogP contribution in [0.3, 0.4) is 0 Å². The summed E-state index contributed by atoms with van der Waals surface area (Å²) < 4.78 is 6.84. The van der Waals surface area contributed by atoms with Gasteiger partial charge in [-0.25, -0.2) is 0 Å². The Labute approximate surface area is 94.8 Å². The molecule has 4 nitrogen and oxygen atoms in total. The fourth-order valence-corrected chi connectivity index (χ4v) is 1.73. The van der Waals surface area contributed by atoms with Crippen LogP contribution in [0, 0.1) is 0 Å². The second-order valence-corrected chi connectivity index (χ2v) is 4.59. The van der Waals surface area contributed by atoms with Crippen molar-refractivity contribution in [2.24, 2.45) is 7.05 Å². The van der Waals surface area contributed by atoms with E-state index in [0.29, 0.717) is 17.1 Å². The number of nitrogens with zero attached hydrogens (tertiary/aromatic N) is 2. The van der Waals surface area contributed by atoms with Crippen molar-refractivity contribution in [3.63, 3.8) is 0 Å². The molecule has 5 heteroatoms. The van der Waals surface area contributed by atoms with Crippen molar-refractivity contribution in [3.8, 4) is 0 Å². The van der Waals surface area contributed by atoms with Gasteiger partial charge in [0.15, 0.2) is 0 Å². The van der Waals surface area contributed by atoms with Gasteiger partial charge in [0.25, 0.3) is 0 Å². The van der Waals surface area contributed by atoms with Crippen LogP contribution in [-0.2, 0) is 11.8 Å². The van der Waals surface area contributed by atoms with Crippen LogP contribution >= 0.6 is 11.6 Å². The topological polar surface area (TPSA) is 47.3 Å². The van der Waals surface area contributed by atoms with Crippen molar-refractivity contribution in [1.29, 1.82) is 0 Å². The third kappa shape index (κ3) is 2.93. The minimum Gasteiger partial charge on any atom is -0.387 e. The first kappa shape index (κ1) is 12.5. The number of hydrogen-bond acceptors (Lipinski definition) is 3. The third-order valence-corrected chi connectivity index (χ3v) is 2.78. The predicted octanol–water partition coefficient (Wildman–Crippen LogP) is 1.92. The third-order valence-electron chi connectivity index (χ3n) is 2.49. The van der Waals surface area contributed by atoms with Crippen molar-refractivity contribution in [3.05, 3.63) is 16.9 Å². The van der Waals surface area contributed by atoms with Gasteiger partial charge in [0.1, 0.15) is 0 Å². The van der Waals surface area contributed by atoms with Crippen molar-refractivity contribution < 1.29 is 9.84 Å². The summed E-state index contributed by atoms with van der Waals surface area (Å²) in [7, 11) is 3.38. The summed E-state index contributed by atoms with van der Waals surface area (Å²) in [6, 6.07) is 0. The second kappa shape index (κ2) is 4.51. The lowest BCUT2D eigenvalue weighted by Crippen LogP contribution is -2.26. The van der Waals surface area contributed by atoms with Gasteiger partial charge in [0.05, 0.1) is 28.6 Å². The van der Waals surface area contributed by atoms with E-state index in [9.17, 15) is 5.11 Å². The number of hydrogen-bond donors (Lipinski definition) is 1. The van der Waals surface area contributed by atoms with Crippen LogP contribution in [0.5, 0.6) is 0 Å². The highest BCUT2D eigenvalue weighted by Crippen LogP contribution is 2.29. The van der Waals surface area contributed by atoms with E-state index in [1.54, 1.807) is 18.8 Å². The molecule has 1 heterocycles. The maximum absolute atomic E-state index is 10.0. The molecule has 0 amide bonds. The summed E-state index contributed by atoms with van der Waals surface area (Å²) in [5.41, 5.74) is 0.245. The van der Waals surface area contributed by atoms with Crippen LogP contribution < -0.4 is 0 Å². The van der Waals surface area contributed by atoms with Gasteiger partial charge in [-0.1, -0.05) is 11.6 Å². The molecule has 1 atom stereocenters. The van der Waals surface area contributed by atoms with Gasteiger partial charge in [-0.15, -0.1) is 0 Å². The van der Waals surface area contributed by atoms with Crippen LogP contribution in [0.1, 0.15) is 32.1 Å². The molecule has 0 radical (unpaired) electrons. The molecule has 0 aliphatic carbocycles. The van der Waals surface area contributed by atoms with Crippen LogP contribution in [-0.4, -0.2) is 27.6 Å². The summed E-state index contributed by atoms with van der Waals surface area (Å²) in [5, 5.41) is 14.5. The SMILES string of the molecule is COC(C)(C)CC(O)c1c(Cl)cnn1C. The molecule has 0 bridgehead atoms. The molecular formula is C10H17ClN2O2. The van der Waals surface area contributed by atoms with Gasteiger partial charge >= 0.3 is 0 Å². The molecule has 1 unspecified atom stereocenters. The molecule has 0 spiro atoms. The van der Waals surface area contributed by atoms with Gasteiger partial charge < -0.3 is 9.84 Å². The van der Waals surface area contributed by atoms with Crippen molar-refractivity contribution in [1.82, 2.24) is 9.78 Å². The Balaban J connectivity index is 2.82. The van der Waals surface area contributed by atoms with Crippen LogP contribution in [0.25, 0.3) is 0 Å². The monoisotopic (exact) mass is 232 g/mol. The van der Waals surface area contributed by atoms with Gasteiger partial charge in [0.2, 0.25) is 0 Å². The molecule has 0 saturated heterocycles. The molecule has 0 aliphatic rings. The normalized spacial score (nSPS) is 14.3. The van der Waals surface area contributed by atoms with E-state index in [1.807, 2.05) is 13.8 Å². The lowest BCUT2D eigenvalue weighted by Gasteiger charge is -2.26. The average Bonchev–Trinajstić information content (AvgIpc) is 2.45. The molecular weight excluding hydrogens is 216 g/mol. The Morgan fingerprint density at radius 3 is 2.67 bits per heavy atom. The zero-order valence-corrected chi connectivity index (χ0v) is 10.2. The number of aliphatic hydroxyl groups excluding tert-OH is 1. The van der Waals surface area contributed by atoms with Crippen LogP contribution in [0.2, 0.25) is 5.02 Å². The molecule has 1 N–H and O–H groups in total. The molecule has 0 aliphatic heterocycles. The van der Waals surface area contributed by atoms with E-state index in [4.69, 9.17) is 16.3 Å².